The molecule has 2 heteroatoms. The minimum absolute atomic E-state index is 0.254. The average Bonchev–Trinajstić information content (AvgIpc) is 2.23. The maximum absolute atomic E-state index is 8.85. The predicted octanol–water partition coefficient (Wildman–Crippen LogP) is 2.55. The van der Waals surface area contributed by atoms with Crippen molar-refractivity contribution in [2.24, 2.45) is 0 Å². The molecule has 0 aliphatic rings. The Bertz CT molecular complexity index is 343. The topological polar surface area (TPSA) is 29.5 Å². The lowest BCUT2D eigenvalue weighted by Crippen LogP contribution is -2.01. The van der Waals surface area contributed by atoms with Gasteiger partial charge in [0, 0.05) is 6.61 Å². The lowest BCUT2D eigenvalue weighted by atomic mass is 9.94. The second kappa shape index (κ2) is 5.17. The van der Waals surface area contributed by atoms with Gasteiger partial charge in [-0.2, -0.15) is 0 Å². The van der Waals surface area contributed by atoms with Crippen LogP contribution in [0.15, 0.2) is 6.07 Å². The van der Waals surface area contributed by atoms with Gasteiger partial charge >= 0.3 is 0 Å². The van der Waals surface area contributed by atoms with E-state index in [9.17, 15) is 0 Å². The van der Waals surface area contributed by atoms with Crippen molar-refractivity contribution in [3.8, 4) is 5.75 Å². The van der Waals surface area contributed by atoms with Gasteiger partial charge in [-0.3, -0.25) is 0 Å². The van der Waals surface area contributed by atoms with Crippen LogP contribution in [0, 0.1) is 20.8 Å². The Kier molecular flexibility index (Phi) is 4.15. The third kappa shape index (κ3) is 2.51. The van der Waals surface area contributed by atoms with Crippen molar-refractivity contribution in [1.82, 2.24) is 0 Å². The Balaban J connectivity index is 3.11. The fourth-order valence-electron chi connectivity index (χ4n) is 1.95. The molecule has 0 radical (unpaired) electrons. The standard InChI is InChI=1S/C13H20O2/c1-9-8-13(15-4)11(3)10(2)12(9)6-5-7-14/h8,14H,5-7H2,1-4H3. The van der Waals surface area contributed by atoms with Crippen molar-refractivity contribution in [3.05, 3.63) is 28.3 Å². The van der Waals surface area contributed by atoms with E-state index in [1.165, 1.54) is 22.3 Å². The first-order chi connectivity index (χ1) is 7.11. The minimum atomic E-state index is 0.254. The Morgan fingerprint density at radius 2 is 1.87 bits per heavy atom. The van der Waals surface area contributed by atoms with Crippen molar-refractivity contribution in [3.63, 3.8) is 0 Å². The molecule has 0 fully saturated rings. The van der Waals surface area contributed by atoms with Gasteiger partial charge in [-0.25, -0.2) is 0 Å². The highest BCUT2D eigenvalue weighted by atomic mass is 16.5. The van der Waals surface area contributed by atoms with E-state index in [4.69, 9.17) is 9.84 Å². The molecule has 0 saturated carbocycles. The maximum Gasteiger partial charge on any atom is 0.122 e. The average molecular weight is 208 g/mol. The summed E-state index contributed by atoms with van der Waals surface area (Å²) in [5, 5.41) is 8.85. The molecule has 0 aliphatic heterocycles. The summed E-state index contributed by atoms with van der Waals surface area (Å²) in [6.07, 6.45) is 1.77. The van der Waals surface area contributed by atoms with Gasteiger partial charge in [0.1, 0.15) is 5.75 Å². The lowest BCUT2D eigenvalue weighted by Gasteiger charge is -2.15. The van der Waals surface area contributed by atoms with E-state index >= 15 is 0 Å². The van der Waals surface area contributed by atoms with E-state index in [-0.39, 0.29) is 6.61 Å². The van der Waals surface area contributed by atoms with Gasteiger partial charge in [-0.05, 0) is 61.9 Å². The summed E-state index contributed by atoms with van der Waals surface area (Å²) in [7, 11) is 1.70. The number of rotatable bonds is 4. The van der Waals surface area contributed by atoms with Crippen LogP contribution in [0.2, 0.25) is 0 Å². The van der Waals surface area contributed by atoms with E-state index in [1.807, 2.05) is 0 Å². The molecule has 1 aromatic carbocycles. The molecule has 0 aromatic heterocycles. The van der Waals surface area contributed by atoms with Crippen LogP contribution in [0.3, 0.4) is 0 Å². The van der Waals surface area contributed by atoms with Crippen molar-refractivity contribution >= 4 is 0 Å². The third-order valence-corrected chi connectivity index (χ3v) is 3.01. The monoisotopic (exact) mass is 208 g/mol. The fraction of sp³-hybridized carbons (Fsp3) is 0.538. The number of ether oxygens (including phenoxy) is 1. The van der Waals surface area contributed by atoms with E-state index in [0.29, 0.717) is 0 Å². The Morgan fingerprint density at radius 1 is 1.20 bits per heavy atom. The summed E-state index contributed by atoms with van der Waals surface area (Å²) in [4.78, 5) is 0. The molecule has 0 aliphatic carbocycles. The Morgan fingerprint density at radius 3 is 2.40 bits per heavy atom. The van der Waals surface area contributed by atoms with E-state index in [1.54, 1.807) is 7.11 Å². The summed E-state index contributed by atoms with van der Waals surface area (Å²) in [5.41, 5.74) is 5.10. The zero-order valence-corrected chi connectivity index (χ0v) is 10.1. The molecule has 84 valence electrons. The molecule has 0 unspecified atom stereocenters. The van der Waals surface area contributed by atoms with Crippen LogP contribution in [-0.2, 0) is 6.42 Å². The van der Waals surface area contributed by atoms with Crippen LogP contribution < -0.4 is 4.74 Å². The van der Waals surface area contributed by atoms with Crippen molar-refractivity contribution in [1.29, 1.82) is 0 Å². The zero-order valence-electron chi connectivity index (χ0n) is 10.1. The highest BCUT2D eigenvalue weighted by Gasteiger charge is 2.09. The van der Waals surface area contributed by atoms with Crippen LogP contribution in [0.25, 0.3) is 0 Å². The number of hydrogen-bond acceptors (Lipinski definition) is 2. The maximum atomic E-state index is 8.85. The second-order valence-electron chi connectivity index (χ2n) is 3.95. The highest BCUT2D eigenvalue weighted by molar-refractivity contribution is 5.48. The molecule has 0 atom stereocenters. The normalized spacial score (nSPS) is 10.5. The molecule has 0 saturated heterocycles. The first-order valence-corrected chi connectivity index (χ1v) is 5.36. The molecule has 0 amide bonds. The Labute approximate surface area is 91.9 Å². The predicted molar refractivity (Wildman–Crippen MR) is 62.6 cm³/mol. The number of methoxy groups -OCH3 is 1. The van der Waals surface area contributed by atoms with Gasteiger partial charge in [-0.15, -0.1) is 0 Å². The quantitative estimate of drug-likeness (QED) is 0.824. The van der Waals surface area contributed by atoms with E-state index in [2.05, 4.69) is 26.8 Å². The molecule has 2 nitrogen and oxygen atoms in total. The number of hydrogen-bond donors (Lipinski definition) is 1. The molecule has 0 bridgehead atoms. The van der Waals surface area contributed by atoms with Crippen molar-refractivity contribution in [2.45, 2.75) is 33.6 Å². The third-order valence-electron chi connectivity index (χ3n) is 3.01. The molecule has 0 spiro atoms. The molecular formula is C13H20O2. The van der Waals surface area contributed by atoms with Gasteiger partial charge in [0.2, 0.25) is 0 Å². The van der Waals surface area contributed by atoms with Crippen LogP contribution in [0.5, 0.6) is 5.75 Å². The molecule has 0 heterocycles. The van der Waals surface area contributed by atoms with Crippen LogP contribution in [-0.4, -0.2) is 18.8 Å². The number of aliphatic hydroxyl groups excluding tert-OH is 1. The number of benzene rings is 1. The Hall–Kier alpha value is -1.02. The molecular weight excluding hydrogens is 188 g/mol. The van der Waals surface area contributed by atoms with E-state index < -0.39 is 0 Å². The van der Waals surface area contributed by atoms with Crippen molar-refractivity contribution < 1.29 is 9.84 Å². The summed E-state index contributed by atoms with van der Waals surface area (Å²) < 4.78 is 5.32. The molecule has 1 N–H and O–H groups in total. The summed E-state index contributed by atoms with van der Waals surface area (Å²) in [6, 6.07) is 2.08. The van der Waals surface area contributed by atoms with Crippen LogP contribution >= 0.6 is 0 Å². The summed E-state index contributed by atoms with van der Waals surface area (Å²) >= 11 is 0. The number of aryl methyl sites for hydroxylation is 1. The summed E-state index contributed by atoms with van der Waals surface area (Å²) in [6.45, 7) is 6.55. The zero-order chi connectivity index (χ0) is 11.4. The largest absolute Gasteiger partial charge is 0.496 e. The van der Waals surface area contributed by atoms with Gasteiger partial charge in [0.05, 0.1) is 7.11 Å². The second-order valence-corrected chi connectivity index (χ2v) is 3.95. The van der Waals surface area contributed by atoms with Crippen LogP contribution in [0.1, 0.15) is 28.7 Å². The molecule has 1 rings (SSSR count). The minimum Gasteiger partial charge on any atom is -0.496 e. The fourth-order valence-corrected chi connectivity index (χ4v) is 1.95. The first-order valence-electron chi connectivity index (χ1n) is 5.36. The molecule has 1 aromatic rings. The SMILES string of the molecule is COc1cc(C)c(CCCO)c(C)c1C. The number of aliphatic hydroxyl groups is 1. The van der Waals surface area contributed by atoms with Gasteiger partial charge < -0.3 is 9.84 Å². The molecule has 15 heavy (non-hydrogen) atoms. The van der Waals surface area contributed by atoms with Crippen LogP contribution in [0.4, 0.5) is 0 Å². The first kappa shape index (κ1) is 12.1. The highest BCUT2D eigenvalue weighted by Crippen LogP contribution is 2.28. The van der Waals surface area contributed by atoms with Gasteiger partial charge in [-0.1, -0.05) is 0 Å². The van der Waals surface area contributed by atoms with Gasteiger partial charge in [0.25, 0.3) is 0 Å². The lowest BCUT2D eigenvalue weighted by molar-refractivity contribution is 0.288. The smallest absolute Gasteiger partial charge is 0.122 e. The van der Waals surface area contributed by atoms with Gasteiger partial charge in [0.15, 0.2) is 0 Å². The summed E-state index contributed by atoms with van der Waals surface area (Å²) in [5.74, 6) is 0.956. The van der Waals surface area contributed by atoms with Crippen molar-refractivity contribution in [2.75, 3.05) is 13.7 Å². The van der Waals surface area contributed by atoms with E-state index in [0.717, 1.165) is 18.6 Å².